The molecule has 2 unspecified atom stereocenters. The molecule has 1 aliphatic heterocycles. The molecule has 1 rings (SSSR count). The van der Waals surface area contributed by atoms with E-state index < -0.39 is 71.2 Å². The third-order valence-corrected chi connectivity index (χ3v) is 11.0. The van der Waals surface area contributed by atoms with Gasteiger partial charge in [-0.05, 0) is 69.9 Å². The number of carbonyl (C=O) groups excluding carboxylic acids is 2. The molecule has 0 amide bonds. The molecule has 1 saturated heterocycles. The van der Waals surface area contributed by atoms with Crippen molar-refractivity contribution < 1.29 is 56.8 Å². The second-order valence-electron chi connectivity index (χ2n) is 15.8. The van der Waals surface area contributed by atoms with Crippen LogP contribution in [-0.2, 0) is 38.7 Å². The van der Waals surface area contributed by atoms with E-state index in [1.54, 1.807) is 0 Å². The van der Waals surface area contributed by atoms with Crippen LogP contribution in [0.15, 0.2) is 30.0 Å². The predicted octanol–water partition coefficient (Wildman–Crippen LogP) is 8.99. The third-order valence-electron chi connectivity index (χ3n) is 10.3. The van der Waals surface area contributed by atoms with Crippen molar-refractivity contribution in [1.82, 2.24) is 0 Å². The maximum absolute atomic E-state index is 12.8. The zero-order valence-corrected chi connectivity index (χ0v) is 36.8. The van der Waals surface area contributed by atoms with Gasteiger partial charge in [0.2, 0.25) is 0 Å². The molecule has 0 aromatic rings. The van der Waals surface area contributed by atoms with E-state index in [4.69, 9.17) is 18.9 Å². The zero-order chi connectivity index (χ0) is 42.7. The topological polar surface area (TPSA) is 186 Å². The van der Waals surface area contributed by atoms with E-state index in [9.17, 15) is 37.9 Å². The van der Waals surface area contributed by atoms with Gasteiger partial charge in [-0.25, -0.2) is 0 Å². The highest BCUT2D eigenvalue weighted by Crippen LogP contribution is 2.24. The summed E-state index contributed by atoms with van der Waals surface area (Å²) in [5.74, 6) is -2.01. The fraction of sp³-hybridized carbons (Fsp3) is 0.844. The van der Waals surface area contributed by atoms with Crippen LogP contribution in [0.3, 0.4) is 0 Å². The molecule has 0 saturated carbocycles. The number of hydrogen-bond donors (Lipinski definition) is 4. The van der Waals surface area contributed by atoms with Gasteiger partial charge in [0.25, 0.3) is 10.1 Å². The van der Waals surface area contributed by atoms with Gasteiger partial charge in [0.15, 0.2) is 12.4 Å². The number of esters is 2. The van der Waals surface area contributed by atoms with Crippen LogP contribution in [0.1, 0.15) is 187 Å². The molecule has 1 heterocycles. The number of hydrogen-bond acceptors (Lipinski definition) is 11. The lowest BCUT2D eigenvalue weighted by Crippen LogP contribution is -2.60. The van der Waals surface area contributed by atoms with Gasteiger partial charge in [-0.15, -0.1) is 5.73 Å². The average Bonchev–Trinajstić information content (AvgIpc) is 3.18. The van der Waals surface area contributed by atoms with Crippen molar-refractivity contribution in [2.75, 3.05) is 19.0 Å². The van der Waals surface area contributed by atoms with Crippen LogP contribution < -0.4 is 0 Å². The van der Waals surface area contributed by atoms with Gasteiger partial charge >= 0.3 is 11.9 Å². The summed E-state index contributed by atoms with van der Waals surface area (Å²) < 4.78 is 54.0. The van der Waals surface area contributed by atoms with Crippen molar-refractivity contribution in [3.63, 3.8) is 0 Å². The minimum Gasteiger partial charge on any atom is -0.462 e. The molecule has 0 aromatic carbocycles. The van der Waals surface area contributed by atoms with Gasteiger partial charge in [-0.3, -0.25) is 14.1 Å². The lowest BCUT2D eigenvalue weighted by atomic mass is 10.00. The fourth-order valence-corrected chi connectivity index (χ4v) is 7.38. The van der Waals surface area contributed by atoms with E-state index in [1.165, 1.54) is 83.5 Å². The molecule has 1 fully saturated rings. The molecule has 58 heavy (non-hydrogen) atoms. The van der Waals surface area contributed by atoms with Crippen molar-refractivity contribution in [2.24, 2.45) is 0 Å². The summed E-state index contributed by atoms with van der Waals surface area (Å²) in [6.45, 7) is 3.69. The van der Waals surface area contributed by atoms with E-state index in [2.05, 4.69) is 43.9 Å². The minimum absolute atomic E-state index is 0.158. The Hall–Kier alpha value is -2.09. The summed E-state index contributed by atoms with van der Waals surface area (Å²) >= 11 is 0. The summed E-state index contributed by atoms with van der Waals surface area (Å²) in [6, 6.07) is 0. The molecule has 0 spiro atoms. The quantitative estimate of drug-likeness (QED) is 0.0153. The largest absolute Gasteiger partial charge is 0.462 e. The Morgan fingerprint density at radius 3 is 1.66 bits per heavy atom. The maximum Gasteiger partial charge on any atom is 0.306 e. The monoisotopic (exact) mass is 845 g/mol. The van der Waals surface area contributed by atoms with Crippen molar-refractivity contribution in [2.45, 2.75) is 224 Å². The number of unbranched alkanes of at least 4 members (excludes halogenated alkanes) is 21. The first-order valence-electron chi connectivity index (χ1n) is 22.6. The molecule has 4 N–H and O–H groups in total. The smallest absolute Gasteiger partial charge is 0.306 e. The number of aliphatic hydroxyl groups is 3. The lowest BCUT2D eigenvalue weighted by molar-refractivity contribution is -0.297. The third kappa shape index (κ3) is 30.0. The van der Waals surface area contributed by atoms with Crippen molar-refractivity contribution in [1.29, 1.82) is 0 Å². The molecular formula is C45H80O12S. The van der Waals surface area contributed by atoms with E-state index in [1.807, 2.05) is 0 Å². The molecule has 0 aromatic heterocycles. The van der Waals surface area contributed by atoms with Crippen molar-refractivity contribution >= 4 is 22.1 Å². The molecular weight excluding hydrogens is 765 g/mol. The predicted molar refractivity (Wildman–Crippen MR) is 228 cm³/mol. The summed E-state index contributed by atoms with van der Waals surface area (Å²) in [4.78, 5) is 25.4. The molecule has 12 nitrogen and oxygen atoms in total. The maximum atomic E-state index is 12.8. The molecule has 0 radical (unpaired) electrons. The fourth-order valence-electron chi connectivity index (χ4n) is 6.69. The standard InChI is InChI=1S/C45H80O12S/c1-3-5-7-9-11-13-15-17-19-21-23-25-27-29-31-33-40(46)54-35-38(36-55-45-44(50)43(49)42(48)39(57-45)37-58(51,52)53)56-41(47)34-32-30-28-26-24-22-20-18-16-14-12-10-8-6-4-2/h10,12,15,19,38-39,42-45,48-50H,3-9,11,13-14,16,18,20-37H2,1-2H3,(H,51,52,53)/b12-10+/t17?,38-,39-,42-,43?,44?,45+/m1/s1. The highest BCUT2D eigenvalue weighted by Gasteiger charge is 2.46. The molecule has 13 heteroatoms. The number of aliphatic hydroxyl groups excluding tert-OH is 3. The van der Waals surface area contributed by atoms with Crippen LogP contribution in [0.4, 0.5) is 0 Å². The minimum atomic E-state index is -4.60. The van der Waals surface area contributed by atoms with Gasteiger partial charge in [0.1, 0.15) is 36.8 Å². The lowest BCUT2D eigenvalue weighted by Gasteiger charge is -2.40. The molecule has 338 valence electrons. The van der Waals surface area contributed by atoms with E-state index >= 15 is 0 Å². The zero-order valence-electron chi connectivity index (χ0n) is 35.9. The molecule has 6 atom stereocenters. The van der Waals surface area contributed by atoms with Crippen LogP contribution in [0, 0.1) is 0 Å². The van der Waals surface area contributed by atoms with Crippen LogP contribution in [0.25, 0.3) is 0 Å². The highest BCUT2D eigenvalue weighted by molar-refractivity contribution is 7.85. The van der Waals surface area contributed by atoms with Crippen molar-refractivity contribution in [3.05, 3.63) is 30.0 Å². The summed E-state index contributed by atoms with van der Waals surface area (Å²) in [6.07, 6.45) is 27.1. The Balaban J connectivity index is 2.47. The van der Waals surface area contributed by atoms with E-state index in [0.717, 1.165) is 64.2 Å². The SMILES string of the molecule is CCCC/C=C/CCCCCCCCCCCC(=O)O[C@H](COC(=O)CCCCCCCC=C=CCCCCCCC)CO[C@H]1O[C@H](CS(=O)(=O)O)[C@@H](O)C(O)C1O. The Morgan fingerprint density at radius 2 is 1.10 bits per heavy atom. The second kappa shape index (κ2) is 35.6. The van der Waals surface area contributed by atoms with Crippen LogP contribution in [0.5, 0.6) is 0 Å². The first-order chi connectivity index (χ1) is 28.0. The Kier molecular flexibility index (Phi) is 33.1. The second-order valence-corrected chi connectivity index (χ2v) is 17.3. The summed E-state index contributed by atoms with van der Waals surface area (Å²) in [5.41, 5.74) is 3.28. The number of allylic oxidation sites excluding steroid dienone is 3. The summed E-state index contributed by atoms with van der Waals surface area (Å²) in [7, 11) is -4.60. The highest BCUT2D eigenvalue weighted by atomic mass is 32.2. The molecule has 0 bridgehead atoms. The van der Waals surface area contributed by atoms with Gasteiger partial charge in [-0.1, -0.05) is 129 Å². The molecule has 0 aliphatic carbocycles. The van der Waals surface area contributed by atoms with Crippen LogP contribution >= 0.6 is 0 Å². The van der Waals surface area contributed by atoms with Crippen LogP contribution in [-0.4, -0.2) is 96.0 Å². The number of ether oxygens (including phenoxy) is 4. The Labute approximate surface area is 351 Å². The summed E-state index contributed by atoms with van der Waals surface area (Å²) in [5, 5.41) is 30.9. The number of carbonyl (C=O) groups is 2. The molecule has 1 aliphatic rings. The Morgan fingerprint density at radius 1 is 0.621 bits per heavy atom. The average molecular weight is 845 g/mol. The van der Waals surface area contributed by atoms with Gasteiger partial charge in [0, 0.05) is 12.8 Å². The van der Waals surface area contributed by atoms with Gasteiger partial charge < -0.3 is 34.3 Å². The first-order valence-corrected chi connectivity index (χ1v) is 24.2. The van der Waals surface area contributed by atoms with Gasteiger partial charge in [-0.2, -0.15) is 8.42 Å². The van der Waals surface area contributed by atoms with Crippen LogP contribution in [0.2, 0.25) is 0 Å². The normalized spacial score (nSPS) is 20.1. The van der Waals surface area contributed by atoms with E-state index in [-0.39, 0.29) is 19.4 Å². The van der Waals surface area contributed by atoms with E-state index in [0.29, 0.717) is 12.8 Å². The number of rotatable bonds is 37. The van der Waals surface area contributed by atoms with Gasteiger partial charge in [0.05, 0.1) is 6.61 Å². The first kappa shape index (κ1) is 53.9. The van der Waals surface area contributed by atoms with Crippen molar-refractivity contribution in [3.8, 4) is 0 Å². The Bertz CT molecular complexity index is 1230.